The van der Waals surface area contributed by atoms with Crippen LogP contribution in [-0.4, -0.2) is 39.1 Å². The Morgan fingerprint density at radius 3 is 3.12 bits per heavy atom. The molecule has 4 rings (SSSR count). The Bertz CT molecular complexity index is 699. The highest BCUT2D eigenvalue weighted by atomic mass is 16.5. The van der Waals surface area contributed by atoms with Crippen LogP contribution in [0.5, 0.6) is 0 Å². The number of hydrogen-bond acceptors (Lipinski definition) is 6. The molecule has 1 aliphatic heterocycles. The van der Waals surface area contributed by atoms with Gasteiger partial charge in [-0.2, -0.15) is 0 Å². The van der Waals surface area contributed by atoms with Crippen molar-refractivity contribution in [2.45, 2.75) is 44.7 Å². The number of piperidine rings is 1. The molecule has 0 aromatic carbocycles. The van der Waals surface area contributed by atoms with Crippen LogP contribution in [0.15, 0.2) is 16.8 Å². The Hall–Kier alpha value is -2.22. The lowest BCUT2D eigenvalue weighted by Gasteiger charge is -2.22. The van der Waals surface area contributed by atoms with E-state index in [1.54, 1.807) is 10.9 Å². The molecule has 2 aliphatic rings. The quantitative estimate of drug-likeness (QED) is 0.822. The van der Waals surface area contributed by atoms with E-state index in [1.165, 1.54) is 25.7 Å². The second kappa shape index (κ2) is 6.72. The molecule has 24 heavy (non-hydrogen) atoms. The van der Waals surface area contributed by atoms with Gasteiger partial charge in [-0.05, 0) is 44.7 Å². The van der Waals surface area contributed by atoms with Gasteiger partial charge in [0.15, 0.2) is 5.69 Å². The van der Waals surface area contributed by atoms with Crippen LogP contribution in [0.3, 0.4) is 0 Å². The summed E-state index contributed by atoms with van der Waals surface area (Å²) >= 11 is 0. The van der Waals surface area contributed by atoms with Gasteiger partial charge in [0, 0.05) is 18.5 Å². The number of rotatable bonds is 6. The van der Waals surface area contributed by atoms with Gasteiger partial charge in [-0.1, -0.05) is 10.4 Å². The Balaban J connectivity index is 1.29. The molecule has 8 nitrogen and oxygen atoms in total. The van der Waals surface area contributed by atoms with Crippen LogP contribution < -0.4 is 10.6 Å². The minimum atomic E-state index is -0.237. The Labute approximate surface area is 140 Å². The Morgan fingerprint density at radius 2 is 2.33 bits per heavy atom. The number of amides is 1. The van der Waals surface area contributed by atoms with Gasteiger partial charge in [0.2, 0.25) is 0 Å². The van der Waals surface area contributed by atoms with E-state index in [-0.39, 0.29) is 5.91 Å². The first-order chi connectivity index (χ1) is 11.8. The summed E-state index contributed by atoms with van der Waals surface area (Å²) in [5, 5.41) is 18.2. The van der Waals surface area contributed by atoms with E-state index in [4.69, 9.17) is 4.52 Å². The third kappa shape index (κ3) is 3.64. The van der Waals surface area contributed by atoms with Crippen molar-refractivity contribution in [1.29, 1.82) is 0 Å². The molecule has 0 unspecified atom stereocenters. The lowest BCUT2D eigenvalue weighted by Crippen LogP contribution is -2.32. The van der Waals surface area contributed by atoms with E-state index in [9.17, 15) is 4.79 Å². The highest BCUT2D eigenvalue weighted by molar-refractivity contribution is 5.91. The summed E-state index contributed by atoms with van der Waals surface area (Å²) in [6.45, 7) is 3.22. The molecule has 2 N–H and O–H groups in total. The van der Waals surface area contributed by atoms with E-state index >= 15 is 0 Å². The average molecular weight is 330 g/mol. The molecule has 0 bridgehead atoms. The van der Waals surface area contributed by atoms with Crippen LogP contribution in [0.2, 0.25) is 0 Å². The van der Waals surface area contributed by atoms with E-state index in [0.717, 1.165) is 31.1 Å². The first kappa shape index (κ1) is 15.3. The lowest BCUT2D eigenvalue weighted by atomic mass is 10.00. The van der Waals surface area contributed by atoms with Crippen molar-refractivity contribution in [3.8, 4) is 0 Å². The normalized spacial score (nSPS) is 20.9. The molecule has 2 fully saturated rings. The standard InChI is InChI=1S/C16H22N6O2/c23-16(18-8-13-6-15(24-20-13)12-3-4-12)14-10-22(21-19-14)9-11-2-1-5-17-7-11/h6,10-12,17H,1-5,7-9H2,(H,18,23)/t11-/m0/s1. The van der Waals surface area contributed by atoms with Crippen molar-refractivity contribution in [1.82, 2.24) is 30.8 Å². The predicted octanol–water partition coefficient (Wildman–Crippen LogP) is 1.07. The van der Waals surface area contributed by atoms with Gasteiger partial charge < -0.3 is 15.2 Å². The van der Waals surface area contributed by atoms with Crippen LogP contribution in [0.1, 0.15) is 53.5 Å². The van der Waals surface area contributed by atoms with Gasteiger partial charge in [0.05, 0.1) is 12.7 Å². The fourth-order valence-corrected chi connectivity index (χ4v) is 3.07. The van der Waals surface area contributed by atoms with Gasteiger partial charge >= 0.3 is 0 Å². The second-order valence-electron chi connectivity index (χ2n) is 6.72. The van der Waals surface area contributed by atoms with Gasteiger partial charge in [0.1, 0.15) is 11.5 Å². The molecule has 0 spiro atoms. The zero-order chi connectivity index (χ0) is 16.4. The summed E-state index contributed by atoms with van der Waals surface area (Å²) in [6.07, 6.45) is 6.42. The topological polar surface area (TPSA) is 97.9 Å². The van der Waals surface area contributed by atoms with Crippen LogP contribution in [0.25, 0.3) is 0 Å². The second-order valence-corrected chi connectivity index (χ2v) is 6.72. The molecule has 3 heterocycles. The third-order valence-corrected chi connectivity index (χ3v) is 4.60. The number of aromatic nitrogens is 4. The zero-order valence-corrected chi connectivity index (χ0v) is 13.6. The highest BCUT2D eigenvalue weighted by Gasteiger charge is 2.27. The summed E-state index contributed by atoms with van der Waals surface area (Å²) < 4.78 is 7.03. The van der Waals surface area contributed by atoms with Gasteiger partial charge in [-0.25, -0.2) is 0 Å². The minimum absolute atomic E-state index is 0.237. The zero-order valence-electron chi connectivity index (χ0n) is 13.6. The first-order valence-electron chi connectivity index (χ1n) is 8.62. The average Bonchev–Trinajstić information content (AvgIpc) is 3.17. The van der Waals surface area contributed by atoms with Gasteiger partial charge in [-0.3, -0.25) is 9.48 Å². The summed E-state index contributed by atoms with van der Waals surface area (Å²) in [4.78, 5) is 12.2. The summed E-state index contributed by atoms with van der Waals surface area (Å²) in [7, 11) is 0. The summed E-state index contributed by atoms with van der Waals surface area (Å²) in [5.74, 6) is 1.76. The van der Waals surface area contributed by atoms with Gasteiger partial charge in [-0.15, -0.1) is 5.10 Å². The fourth-order valence-electron chi connectivity index (χ4n) is 3.07. The molecule has 1 saturated carbocycles. The van der Waals surface area contributed by atoms with E-state index < -0.39 is 0 Å². The van der Waals surface area contributed by atoms with Crippen LogP contribution in [0.4, 0.5) is 0 Å². The van der Waals surface area contributed by atoms with Crippen LogP contribution in [0, 0.1) is 5.92 Å². The van der Waals surface area contributed by atoms with E-state index in [2.05, 4.69) is 26.1 Å². The maximum Gasteiger partial charge on any atom is 0.273 e. The molecule has 1 aliphatic carbocycles. The number of carbonyl (C=O) groups is 1. The third-order valence-electron chi connectivity index (χ3n) is 4.60. The molecule has 2 aromatic heterocycles. The number of hydrogen-bond donors (Lipinski definition) is 2. The lowest BCUT2D eigenvalue weighted by molar-refractivity contribution is 0.0945. The predicted molar refractivity (Wildman–Crippen MR) is 85.3 cm³/mol. The maximum atomic E-state index is 12.2. The highest BCUT2D eigenvalue weighted by Crippen LogP contribution is 2.40. The van der Waals surface area contributed by atoms with Crippen molar-refractivity contribution in [2.75, 3.05) is 13.1 Å². The smallest absolute Gasteiger partial charge is 0.273 e. The maximum absolute atomic E-state index is 12.2. The molecule has 1 atom stereocenters. The molecule has 128 valence electrons. The number of carbonyl (C=O) groups excluding carboxylic acids is 1. The minimum Gasteiger partial charge on any atom is -0.361 e. The first-order valence-corrected chi connectivity index (χ1v) is 8.62. The largest absolute Gasteiger partial charge is 0.361 e. The molecule has 0 radical (unpaired) electrons. The van der Waals surface area contributed by atoms with Gasteiger partial charge in [0.25, 0.3) is 5.91 Å². The molecule has 8 heteroatoms. The molecule has 1 saturated heterocycles. The summed E-state index contributed by atoms with van der Waals surface area (Å²) in [5.41, 5.74) is 1.08. The van der Waals surface area contributed by atoms with Crippen molar-refractivity contribution in [3.63, 3.8) is 0 Å². The monoisotopic (exact) mass is 330 g/mol. The van der Waals surface area contributed by atoms with Crippen molar-refractivity contribution in [3.05, 3.63) is 29.4 Å². The SMILES string of the molecule is O=C(NCc1cc(C2CC2)on1)c1cn(C[C@H]2CCCNC2)nn1. The molecule has 2 aromatic rings. The summed E-state index contributed by atoms with van der Waals surface area (Å²) in [6, 6.07) is 1.92. The number of nitrogens with zero attached hydrogens (tertiary/aromatic N) is 4. The van der Waals surface area contributed by atoms with E-state index in [1.807, 2.05) is 6.07 Å². The van der Waals surface area contributed by atoms with Crippen LogP contribution in [-0.2, 0) is 13.1 Å². The van der Waals surface area contributed by atoms with Crippen molar-refractivity contribution >= 4 is 5.91 Å². The number of nitrogens with one attached hydrogen (secondary N) is 2. The van der Waals surface area contributed by atoms with E-state index in [0.29, 0.717) is 24.1 Å². The fraction of sp³-hybridized carbons (Fsp3) is 0.625. The Kier molecular flexibility index (Phi) is 4.29. The molecule has 1 amide bonds. The molecular formula is C16H22N6O2. The van der Waals surface area contributed by atoms with Crippen molar-refractivity contribution in [2.24, 2.45) is 5.92 Å². The molecular weight excluding hydrogens is 308 g/mol. The van der Waals surface area contributed by atoms with Crippen LogP contribution >= 0.6 is 0 Å². The Morgan fingerprint density at radius 1 is 1.42 bits per heavy atom. The van der Waals surface area contributed by atoms with Crippen molar-refractivity contribution < 1.29 is 9.32 Å².